The van der Waals surface area contributed by atoms with E-state index in [2.05, 4.69) is 25.5 Å². The molecule has 3 N–H and O–H groups in total. The van der Waals surface area contributed by atoms with Crippen LogP contribution < -0.4 is 10.9 Å². The Balaban J connectivity index is 2.02. The molecule has 0 atom stereocenters. The van der Waals surface area contributed by atoms with Gasteiger partial charge in [0.25, 0.3) is 5.56 Å². The van der Waals surface area contributed by atoms with Crippen LogP contribution in [0.1, 0.15) is 5.82 Å². The highest BCUT2D eigenvalue weighted by Crippen LogP contribution is 2.00. The maximum absolute atomic E-state index is 10.9. The van der Waals surface area contributed by atoms with Crippen LogP contribution in [0.25, 0.3) is 0 Å². The first-order chi connectivity index (χ1) is 6.84. The summed E-state index contributed by atoms with van der Waals surface area (Å²) in [6.07, 6.45) is 4.96. The molecular weight excluding hydrogens is 182 g/mol. The predicted molar refractivity (Wildman–Crippen MR) is 50.8 cm³/mol. The Hall–Kier alpha value is -2.11. The topological polar surface area (TPSA) is 86.5 Å². The van der Waals surface area contributed by atoms with Gasteiger partial charge in [0.1, 0.15) is 5.82 Å². The van der Waals surface area contributed by atoms with Crippen LogP contribution in [-0.4, -0.2) is 20.2 Å². The molecule has 0 bridgehead atoms. The Morgan fingerprint density at radius 2 is 2.43 bits per heavy atom. The summed E-state index contributed by atoms with van der Waals surface area (Å²) in [7, 11) is 0. The maximum Gasteiger partial charge on any atom is 0.266 e. The van der Waals surface area contributed by atoms with Gasteiger partial charge in [0.15, 0.2) is 0 Å². The van der Waals surface area contributed by atoms with Crippen LogP contribution in [0.2, 0.25) is 0 Å². The molecule has 0 saturated carbocycles. The Labute approximate surface area is 79.4 Å². The molecule has 72 valence electrons. The Morgan fingerprint density at radius 3 is 3.14 bits per heavy atom. The molecule has 0 unspecified atom stereocenters. The zero-order valence-corrected chi connectivity index (χ0v) is 7.32. The average molecular weight is 191 g/mol. The molecule has 0 aliphatic rings. The zero-order valence-electron chi connectivity index (χ0n) is 7.32. The number of nitrogens with zero attached hydrogens (tertiary/aromatic N) is 2. The average Bonchev–Trinajstić information content (AvgIpc) is 2.67. The molecule has 6 nitrogen and oxygen atoms in total. The smallest absolute Gasteiger partial charge is 0.266 e. The summed E-state index contributed by atoms with van der Waals surface area (Å²) in [5.74, 6) is 0.810. The lowest BCUT2D eigenvalue weighted by Crippen LogP contribution is -2.09. The minimum atomic E-state index is -0.227. The molecule has 0 fully saturated rings. The summed E-state index contributed by atoms with van der Waals surface area (Å²) in [6.45, 7) is 0.540. The quantitative estimate of drug-likeness (QED) is 0.642. The number of hydrogen-bond acceptors (Lipinski definition) is 4. The molecule has 0 spiro atoms. The predicted octanol–water partition coefficient (Wildman–Crippen LogP) is 0.105. The number of aromatic nitrogens is 4. The van der Waals surface area contributed by atoms with Gasteiger partial charge in [-0.25, -0.2) is 10.1 Å². The number of anilines is 1. The van der Waals surface area contributed by atoms with Crippen LogP contribution >= 0.6 is 0 Å². The monoisotopic (exact) mass is 191 g/mol. The van der Waals surface area contributed by atoms with E-state index in [1.165, 1.54) is 6.07 Å². The van der Waals surface area contributed by atoms with E-state index in [1.54, 1.807) is 18.6 Å². The van der Waals surface area contributed by atoms with Crippen LogP contribution in [0.3, 0.4) is 0 Å². The number of rotatable bonds is 3. The first kappa shape index (κ1) is 8.49. The van der Waals surface area contributed by atoms with Crippen LogP contribution in [0, 0.1) is 0 Å². The fraction of sp³-hybridized carbons (Fsp3) is 0.125. The van der Waals surface area contributed by atoms with Crippen molar-refractivity contribution in [1.29, 1.82) is 0 Å². The van der Waals surface area contributed by atoms with Crippen molar-refractivity contribution in [3.05, 3.63) is 40.8 Å². The highest BCUT2D eigenvalue weighted by atomic mass is 16.1. The van der Waals surface area contributed by atoms with Gasteiger partial charge in [0.05, 0.1) is 18.4 Å². The number of imidazole rings is 1. The number of H-pyrrole nitrogens is 2. The summed E-state index contributed by atoms with van der Waals surface area (Å²) in [4.78, 5) is 17.8. The normalized spacial score (nSPS) is 10.0. The van der Waals surface area contributed by atoms with Crippen molar-refractivity contribution >= 4 is 5.69 Å². The third-order valence-corrected chi connectivity index (χ3v) is 1.68. The minimum Gasteiger partial charge on any atom is -0.376 e. The van der Waals surface area contributed by atoms with Crippen LogP contribution in [0.5, 0.6) is 0 Å². The van der Waals surface area contributed by atoms with E-state index < -0.39 is 0 Å². The van der Waals surface area contributed by atoms with Gasteiger partial charge in [-0.1, -0.05) is 0 Å². The second-order valence-electron chi connectivity index (χ2n) is 2.72. The first-order valence-corrected chi connectivity index (χ1v) is 4.11. The molecule has 0 amide bonds. The zero-order chi connectivity index (χ0) is 9.80. The number of nitrogens with one attached hydrogen (secondary N) is 3. The molecule has 0 radical (unpaired) electrons. The van der Waals surface area contributed by atoms with E-state index in [0.717, 1.165) is 5.82 Å². The van der Waals surface area contributed by atoms with Gasteiger partial charge in [0.2, 0.25) is 0 Å². The standard InChI is InChI=1S/C8H9N5O/c14-8-3-6(4-12-13-8)11-5-7-9-1-2-10-7/h1-4H,5H2,(H,9,10)(H2,11,13,14). The van der Waals surface area contributed by atoms with Crippen molar-refractivity contribution in [2.45, 2.75) is 6.54 Å². The third kappa shape index (κ3) is 1.98. The summed E-state index contributed by atoms with van der Waals surface area (Å²) < 4.78 is 0. The number of aromatic amines is 2. The van der Waals surface area contributed by atoms with Gasteiger partial charge >= 0.3 is 0 Å². The largest absolute Gasteiger partial charge is 0.376 e. The van der Waals surface area contributed by atoms with Gasteiger partial charge < -0.3 is 10.3 Å². The lowest BCUT2D eigenvalue weighted by atomic mass is 10.4. The van der Waals surface area contributed by atoms with Crippen molar-refractivity contribution < 1.29 is 0 Å². The summed E-state index contributed by atoms with van der Waals surface area (Å²) in [5, 5.41) is 8.96. The fourth-order valence-electron chi connectivity index (χ4n) is 1.05. The molecular formula is C8H9N5O. The molecule has 2 aromatic rings. The van der Waals surface area contributed by atoms with Crippen molar-refractivity contribution in [3.63, 3.8) is 0 Å². The van der Waals surface area contributed by atoms with Crippen molar-refractivity contribution in [2.75, 3.05) is 5.32 Å². The Kier molecular flexibility index (Phi) is 2.26. The lowest BCUT2D eigenvalue weighted by molar-refractivity contribution is 0.961. The van der Waals surface area contributed by atoms with Gasteiger partial charge in [0, 0.05) is 18.5 Å². The molecule has 0 aromatic carbocycles. The molecule has 2 aromatic heterocycles. The van der Waals surface area contributed by atoms with Crippen LogP contribution in [-0.2, 0) is 6.54 Å². The summed E-state index contributed by atoms with van der Waals surface area (Å²) in [5.41, 5.74) is 0.444. The minimum absolute atomic E-state index is 0.227. The van der Waals surface area contributed by atoms with E-state index in [-0.39, 0.29) is 5.56 Å². The third-order valence-electron chi connectivity index (χ3n) is 1.68. The van der Waals surface area contributed by atoms with Gasteiger partial charge in [-0.2, -0.15) is 5.10 Å². The molecule has 2 rings (SSSR count). The molecule has 14 heavy (non-hydrogen) atoms. The highest BCUT2D eigenvalue weighted by Gasteiger charge is 1.95. The maximum atomic E-state index is 10.9. The van der Waals surface area contributed by atoms with Gasteiger partial charge in [-0.15, -0.1) is 0 Å². The molecule has 0 aliphatic carbocycles. The molecule has 0 aliphatic heterocycles. The van der Waals surface area contributed by atoms with E-state index in [1.807, 2.05) is 0 Å². The lowest BCUT2D eigenvalue weighted by Gasteiger charge is -2.01. The van der Waals surface area contributed by atoms with E-state index in [0.29, 0.717) is 12.2 Å². The molecule has 6 heteroatoms. The Bertz CT molecular complexity index is 447. The van der Waals surface area contributed by atoms with Gasteiger partial charge in [-0.05, 0) is 0 Å². The second kappa shape index (κ2) is 3.73. The second-order valence-corrected chi connectivity index (χ2v) is 2.72. The van der Waals surface area contributed by atoms with Crippen LogP contribution in [0.15, 0.2) is 29.5 Å². The molecule has 0 saturated heterocycles. The highest BCUT2D eigenvalue weighted by molar-refractivity contribution is 5.38. The Morgan fingerprint density at radius 1 is 1.50 bits per heavy atom. The van der Waals surface area contributed by atoms with Crippen molar-refractivity contribution in [1.82, 2.24) is 20.2 Å². The molecule has 2 heterocycles. The SMILES string of the molecule is O=c1cc(NCc2ncc[nH]2)cn[nH]1. The summed E-state index contributed by atoms with van der Waals surface area (Å²) >= 11 is 0. The van der Waals surface area contributed by atoms with Crippen molar-refractivity contribution in [3.8, 4) is 0 Å². The van der Waals surface area contributed by atoms with E-state index in [9.17, 15) is 4.79 Å². The van der Waals surface area contributed by atoms with Gasteiger partial charge in [-0.3, -0.25) is 4.79 Å². The van der Waals surface area contributed by atoms with E-state index in [4.69, 9.17) is 0 Å². The van der Waals surface area contributed by atoms with E-state index >= 15 is 0 Å². The first-order valence-electron chi connectivity index (χ1n) is 4.11. The fourth-order valence-corrected chi connectivity index (χ4v) is 1.05. The number of hydrogen-bond donors (Lipinski definition) is 3. The van der Waals surface area contributed by atoms with Crippen molar-refractivity contribution in [2.24, 2.45) is 0 Å². The van der Waals surface area contributed by atoms with Crippen LogP contribution in [0.4, 0.5) is 5.69 Å². The summed E-state index contributed by atoms with van der Waals surface area (Å²) in [6, 6.07) is 1.44.